The van der Waals surface area contributed by atoms with E-state index >= 15 is 0 Å². The lowest BCUT2D eigenvalue weighted by Gasteiger charge is -2.34. The largest absolute Gasteiger partial charge is 0.321 e. The van der Waals surface area contributed by atoms with Gasteiger partial charge in [-0.1, -0.05) is 30.9 Å². The maximum atomic E-state index is 13.6. The standard InChI is InChI=1S/C13H17ClFN/c1-9-11(14)7-10(8-12(9)15)13(16)5-3-2-4-6-13/h7-8H,2-6,16H2,1H3. The smallest absolute Gasteiger partial charge is 0.127 e. The molecule has 0 amide bonds. The summed E-state index contributed by atoms with van der Waals surface area (Å²) in [6.07, 6.45) is 5.30. The van der Waals surface area contributed by atoms with Crippen LogP contribution in [0.4, 0.5) is 4.39 Å². The maximum absolute atomic E-state index is 13.6. The van der Waals surface area contributed by atoms with E-state index in [1.807, 2.05) is 6.07 Å². The Morgan fingerprint density at radius 2 is 1.88 bits per heavy atom. The molecule has 0 aromatic heterocycles. The van der Waals surface area contributed by atoms with Gasteiger partial charge in [0.15, 0.2) is 0 Å². The van der Waals surface area contributed by atoms with E-state index in [0.29, 0.717) is 10.6 Å². The number of halogens is 2. The third-order valence-corrected chi connectivity index (χ3v) is 3.99. The lowest BCUT2D eigenvalue weighted by molar-refractivity contribution is 0.301. The van der Waals surface area contributed by atoms with Crippen LogP contribution in [0, 0.1) is 12.7 Å². The second kappa shape index (κ2) is 4.34. The van der Waals surface area contributed by atoms with Gasteiger partial charge in [0, 0.05) is 16.1 Å². The third-order valence-electron chi connectivity index (χ3n) is 3.60. The molecule has 16 heavy (non-hydrogen) atoms. The predicted octanol–water partition coefficient (Wildman–Crippen LogP) is 3.91. The fraction of sp³-hybridized carbons (Fsp3) is 0.538. The Labute approximate surface area is 101 Å². The van der Waals surface area contributed by atoms with Crippen molar-refractivity contribution in [3.05, 3.63) is 34.1 Å². The van der Waals surface area contributed by atoms with Crippen LogP contribution in [0.3, 0.4) is 0 Å². The molecule has 0 unspecified atom stereocenters. The van der Waals surface area contributed by atoms with E-state index in [4.69, 9.17) is 17.3 Å². The first-order chi connectivity index (χ1) is 7.53. The number of rotatable bonds is 1. The van der Waals surface area contributed by atoms with Gasteiger partial charge in [0.05, 0.1) is 0 Å². The van der Waals surface area contributed by atoms with E-state index in [9.17, 15) is 4.39 Å². The Morgan fingerprint density at radius 3 is 2.44 bits per heavy atom. The van der Waals surface area contributed by atoms with Gasteiger partial charge in [0.25, 0.3) is 0 Å². The average molecular weight is 242 g/mol. The first kappa shape index (κ1) is 11.9. The van der Waals surface area contributed by atoms with E-state index in [1.54, 1.807) is 13.0 Å². The molecule has 2 N–H and O–H groups in total. The SMILES string of the molecule is Cc1c(F)cc(C2(N)CCCCC2)cc1Cl. The van der Waals surface area contributed by atoms with Crippen molar-refractivity contribution in [2.75, 3.05) is 0 Å². The summed E-state index contributed by atoms with van der Waals surface area (Å²) in [7, 11) is 0. The highest BCUT2D eigenvalue weighted by atomic mass is 35.5. The van der Waals surface area contributed by atoms with Crippen LogP contribution in [-0.4, -0.2) is 0 Å². The molecule has 0 spiro atoms. The molecule has 0 aliphatic heterocycles. The number of hydrogen-bond donors (Lipinski definition) is 1. The predicted molar refractivity (Wildman–Crippen MR) is 65.1 cm³/mol. The molecule has 1 nitrogen and oxygen atoms in total. The van der Waals surface area contributed by atoms with Crippen molar-refractivity contribution in [1.29, 1.82) is 0 Å². The van der Waals surface area contributed by atoms with E-state index in [0.717, 1.165) is 31.2 Å². The topological polar surface area (TPSA) is 26.0 Å². The molecule has 0 bridgehead atoms. The Morgan fingerprint density at radius 1 is 1.25 bits per heavy atom. The van der Waals surface area contributed by atoms with Gasteiger partial charge in [0.1, 0.15) is 5.82 Å². The number of hydrogen-bond acceptors (Lipinski definition) is 1. The van der Waals surface area contributed by atoms with Crippen molar-refractivity contribution < 1.29 is 4.39 Å². The average Bonchev–Trinajstić information content (AvgIpc) is 2.26. The third kappa shape index (κ3) is 2.09. The summed E-state index contributed by atoms with van der Waals surface area (Å²) in [5.41, 5.74) is 7.32. The van der Waals surface area contributed by atoms with Gasteiger partial charge in [0.2, 0.25) is 0 Å². The van der Waals surface area contributed by atoms with Crippen LogP contribution in [0.5, 0.6) is 0 Å². The van der Waals surface area contributed by atoms with Crippen LogP contribution >= 0.6 is 11.6 Å². The quantitative estimate of drug-likeness (QED) is 0.793. The van der Waals surface area contributed by atoms with Crippen LogP contribution in [-0.2, 0) is 5.54 Å². The summed E-state index contributed by atoms with van der Waals surface area (Å²) in [5, 5.41) is 0.477. The molecule has 0 saturated heterocycles. The van der Waals surface area contributed by atoms with Crippen LogP contribution in [0.2, 0.25) is 5.02 Å². The molecule has 1 aliphatic carbocycles. The van der Waals surface area contributed by atoms with Gasteiger partial charge in [-0.05, 0) is 37.5 Å². The zero-order valence-electron chi connectivity index (χ0n) is 9.52. The second-order valence-corrected chi connectivity index (χ2v) is 5.19. The first-order valence-corrected chi connectivity index (χ1v) is 6.16. The summed E-state index contributed by atoms with van der Waals surface area (Å²) in [6.45, 7) is 1.69. The molecule has 0 atom stereocenters. The zero-order chi connectivity index (χ0) is 11.8. The fourth-order valence-corrected chi connectivity index (χ4v) is 2.61. The first-order valence-electron chi connectivity index (χ1n) is 5.78. The van der Waals surface area contributed by atoms with Crippen LogP contribution in [0.1, 0.15) is 43.2 Å². The highest BCUT2D eigenvalue weighted by Crippen LogP contribution is 2.36. The summed E-state index contributed by atoms with van der Waals surface area (Å²) in [6, 6.07) is 3.37. The Hall–Kier alpha value is -0.600. The highest BCUT2D eigenvalue weighted by Gasteiger charge is 2.30. The van der Waals surface area contributed by atoms with Crippen molar-refractivity contribution in [3.63, 3.8) is 0 Å². The van der Waals surface area contributed by atoms with E-state index in [2.05, 4.69) is 0 Å². The lowest BCUT2D eigenvalue weighted by atomic mass is 9.77. The van der Waals surface area contributed by atoms with Gasteiger partial charge >= 0.3 is 0 Å². The molecule has 1 saturated carbocycles. The molecule has 88 valence electrons. The van der Waals surface area contributed by atoms with Crippen molar-refractivity contribution in [1.82, 2.24) is 0 Å². The minimum absolute atomic E-state index is 0.252. The molecular weight excluding hydrogens is 225 g/mol. The lowest BCUT2D eigenvalue weighted by Crippen LogP contribution is -2.38. The van der Waals surface area contributed by atoms with Crippen LogP contribution < -0.4 is 5.73 Å². The zero-order valence-corrected chi connectivity index (χ0v) is 10.3. The van der Waals surface area contributed by atoms with E-state index < -0.39 is 0 Å². The number of benzene rings is 1. The monoisotopic (exact) mass is 241 g/mol. The molecule has 1 aromatic carbocycles. The summed E-state index contributed by atoms with van der Waals surface area (Å²) in [5.74, 6) is -0.252. The summed E-state index contributed by atoms with van der Waals surface area (Å²) in [4.78, 5) is 0. The Kier molecular flexibility index (Phi) is 3.22. The van der Waals surface area contributed by atoms with Crippen LogP contribution in [0.25, 0.3) is 0 Å². The molecular formula is C13H17ClFN. The van der Waals surface area contributed by atoms with Crippen molar-refractivity contribution >= 4 is 11.6 Å². The molecule has 3 heteroatoms. The molecule has 1 aliphatic rings. The highest BCUT2D eigenvalue weighted by molar-refractivity contribution is 6.31. The normalized spacial score (nSPS) is 19.8. The van der Waals surface area contributed by atoms with Gasteiger partial charge in [-0.25, -0.2) is 4.39 Å². The number of nitrogens with two attached hydrogens (primary N) is 1. The van der Waals surface area contributed by atoms with Gasteiger partial charge in [-0.3, -0.25) is 0 Å². The second-order valence-electron chi connectivity index (χ2n) is 4.78. The van der Waals surface area contributed by atoms with Gasteiger partial charge in [-0.2, -0.15) is 0 Å². The van der Waals surface area contributed by atoms with Gasteiger partial charge < -0.3 is 5.73 Å². The van der Waals surface area contributed by atoms with Crippen molar-refractivity contribution in [2.45, 2.75) is 44.6 Å². The molecule has 1 fully saturated rings. The molecule has 2 rings (SSSR count). The van der Waals surface area contributed by atoms with Crippen molar-refractivity contribution in [2.24, 2.45) is 5.73 Å². The molecule has 1 aromatic rings. The Balaban J connectivity index is 2.39. The fourth-order valence-electron chi connectivity index (χ4n) is 2.40. The van der Waals surface area contributed by atoms with Crippen molar-refractivity contribution in [3.8, 4) is 0 Å². The van der Waals surface area contributed by atoms with Gasteiger partial charge in [-0.15, -0.1) is 0 Å². The van der Waals surface area contributed by atoms with E-state index in [-0.39, 0.29) is 11.4 Å². The summed E-state index contributed by atoms with van der Waals surface area (Å²) < 4.78 is 13.6. The molecule has 0 radical (unpaired) electrons. The Bertz CT molecular complexity index is 374. The summed E-state index contributed by atoms with van der Waals surface area (Å²) >= 11 is 6.00. The molecule has 0 heterocycles. The van der Waals surface area contributed by atoms with E-state index in [1.165, 1.54) is 6.42 Å². The minimum Gasteiger partial charge on any atom is -0.321 e. The van der Waals surface area contributed by atoms with Crippen LogP contribution in [0.15, 0.2) is 12.1 Å². The minimum atomic E-state index is -0.379. The maximum Gasteiger partial charge on any atom is 0.127 e.